The highest BCUT2D eigenvalue weighted by molar-refractivity contribution is 5.60. The lowest BCUT2D eigenvalue weighted by atomic mass is 10.0. The van der Waals surface area contributed by atoms with Crippen molar-refractivity contribution in [1.82, 2.24) is 4.98 Å². The number of aromatic nitrogens is 1. The van der Waals surface area contributed by atoms with Crippen molar-refractivity contribution in [2.75, 3.05) is 19.8 Å². The second-order valence-electron chi connectivity index (χ2n) is 10.1. The van der Waals surface area contributed by atoms with Crippen LogP contribution in [0, 0.1) is 5.92 Å². The first kappa shape index (κ1) is 28.4. The molecule has 3 rings (SSSR count). The van der Waals surface area contributed by atoms with E-state index in [1.54, 1.807) is 0 Å². The zero-order valence-corrected chi connectivity index (χ0v) is 22.5. The lowest BCUT2D eigenvalue weighted by Crippen LogP contribution is -2.27. The standard InChI is InChI=1S/C32H47NO3/c1-3-5-7-9-10-11-12-13-14-16-27-25-35-32(36-26-27)29-19-22-31(33-24-29)28-17-20-30(21-18-28)34-23-15-8-6-4-2/h3,17-22,24,27,32H,1,4-16,23,25-26H2,2H3/t27-,32-. The Bertz CT molecular complexity index is 825. The number of allylic oxidation sites excluding steroid dienone is 1. The molecule has 0 saturated carbocycles. The molecule has 1 aromatic carbocycles. The molecule has 198 valence electrons. The summed E-state index contributed by atoms with van der Waals surface area (Å²) < 4.78 is 17.9. The minimum absolute atomic E-state index is 0.304. The maximum Gasteiger partial charge on any atom is 0.185 e. The van der Waals surface area contributed by atoms with Crippen LogP contribution in [0.25, 0.3) is 11.3 Å². The van der Waals surface area contributed by atoms with Crippen LogP contribution in [-0.4, -0.2) is 24.8 Å². The van der Waals surface area contributed by atoms with E-state index in [0.29, 0.717) is 5.92 Å². The summed E-state index contributed by atoms with van der Waals surface area (Å²) in [5, 5.41) is 0. The van der Waals surface area contributed by atoms with Gasteiger partial charge in [0.25, 0.3) is 0 Å². The van der Waals surface area contributed by atoms with Crippen LogP contribution in [-0.2, 0) is 9.47 Å². The monoisotopic (exact) mass is 493 g/mol. The molecule has 1 aromatic heterocycles. The molecule has 4 nitrogen and oxygen atoms in total. The van der Waals surface area contributed by atoms with Gasteiger partial charge in [-0.05, 0) is 56.0 Å². The van der Waals surface area contributed by atoms with Crippen molar-refractivity contribution in [3.8, 4) is 17.0 Å². The van der Waals surface area contributed by atoms with Gasteiger partial charge in [0.1, 0.15) is 5.75 Å². The Balaban J connectivity index is 1.31. The van der Waals surface area contributed by atoms with Crippen LogP contribution >= 0.6 is 0 Å². The van der Waals surface area contributed by atoms with Crippen molar-refractivity contribution in [3.63, 3.8) is 0 Å². The van der Waals surface area contributed by atoms with Gasteiger partial charge in [0.2, 0.25) is 0 Å². The largest absolute Gasteiger partial charge is 0.494 e. The molecule has 1 aliphatic heterocycles. The van der Waals surface area contributed by atoms with E-state index in [0.717, 1.165) is 55.2 Å². The van der Waals surface area contributed by atoms with Crippen LogP contribution in [0.4, 0.5) is 0 Å². The molecule has 36 heavy (non-hydrogen) atoms. The number of hydrogen-bond donors (Lipinski definition) is 0. The number of rotatable bonds is 18. The number of pyridine rings is 1. The van der Waals surface area contributed by atoms with Gasteiger partial charge < -0.3 is 14.2 Å². The Hall–Kier alpha value is -2.17. The smallest absolute Gasteiger partial charge is 0.185 e. The van der Waals surface area contributed by atoms with Gasteiger partial charge in [0.05, 0.1) is 25.5 Å². The second-order valence-corrected chi connectivity index (χ2v) is 10.1. The highest BCUT2D eigenvalue weighted by Crippen LogP contribution is 2.28. The van der Waals surface area contributed by atoms with Gasteiger partial charge >= 0.3 is 0 Å². The molecule has 1 aliphatic rings. The number of benzene rings is 1. The molecule has 0 atom stereocenters. The molecule has 0 bridgehead atoms. The van der Waals surface area contributed by atoms with Crippen molar-refractivity contribution in [2.24, 2.45) is 5.92 Å². The highest BCUT2D eigenvalue weighted by atomic mass is 16.7. The van der Waals surface area contributed by atoms with Gasteiger partial charge in [0.15, 0.2) is 6.29 Å². The molecule has 0 unspecified atom stereocenters. The van der Waals surface area contributed by atoms with E-state index >= 15 is 0 Å². The minimum Gasteiger partial charge on any atom is -0.494 e. The number of unbranched alkanes of at least 4 members (excludes halogenated alkanes) is 10. The molecule has 2 aromatic rings. The van der Waals surface area contributed by atoms with Gasteiger partial charge in [0, 0.05) is 23.2 Å². The summed E-state index contributed by atoms with van der Waals surface area (Å²) in [6, 6.07) is 12.3. The maximum atomic E-state index is 6.05. The van der Waals surface area contributed by atoms with Crippen molar-refractivity contribution < 1.29 is 14.2 Å². The third-order valence-electron chi connectivity index (χ3n) is 6.96. The van der Waals surface area contributed by atoms with Crippen LogP contribution in [0.3, 0.4) is 0 Å². The summed E-state index contributed by atoms with van der Waals surface area (Å²) >= 11 is 0. The van der Waals surface area contributed by atoms with Gasteiger partial charge in [-0.25, -0.2) is 0 Å². The lowest BCUT2D eigenvalue weighted by Gasteiger charge is -2.29. The SMILES string of the molecule is C=CCCCCCCCCC[C@H]1CO[C@H](c2ccc(-c3ccc(OCCCCCC)cc3)nc2)OC1. The Morgan fingerprint density at radius 1 is 0.861 bits per heavy atom. The Kier molecular flexibility index (Phi) is 13.7. The first-order chi connectivity index (χ1) is 17.8. The van der Waals surface area contributed by atoms with E-state index in [4.69, 9.17) is 14.2 Å². The third-order valence-corrected chi connectivity index (χ3v) is 6.96. The van der Waals surface area contributed by atoms with Crippen LogP contribution < -0.4 is 4.74 Å². The molecule has 1 saturated heterocycles. The molecule has 4 heteroatoms. The summed E-state index contributed by atoms with van der Waals surface area (Å²) in [7, 11) is 0. The van der Waals surface area contributed by atoms with E-state index in [1.165, 1.54) is 70.6 Å². The van der Waals surface area contributed by atoms with Crippen LogP contribution in [0.5, 0.6) is 5.75 Å². The summed E-state index contributed by atoms with van der Waals surface area (Å²) in [5.41, 5.74) is 3.02. The molecule has 2 heterocycles. The van der Waals surface area contributed by atoms with Gasteiger partial charge in [-0.3, -0.25) is 4.98 Å². The van der Waals surface area contributed by atoms with E-state index in [-0.39, 0.29) is 6.29 Å². The fourth-order valence-corrected chi connectivity index (χ4v) is 4.66. The zero-order chi connectivity index (χ0) is 25.3. The maximum absolute atomic E-state index is 6.05. The summed E-state index contributed by atoms with van der Waals surface area (Å²) in [4.78, 5) is 4.66. The predicted molar refractivity (Wildman–Crippen MR) is 149 cm³/mol. The second kappa shape index (κ2) is 17.3. The van der Waals surface area contributed by atoms with E-state index in [9.17, 15) is 0 Å². The van der Waals surface area contributed by atoms with Gasteiger partial charge in [-0.1, -0.05) is 76.9 Å². The van der Waals surface area contributed by atoms with Crippen LogP contribution in [0.15, 0.2) is 55.3 Å². The van der Waals surface area contributed by atoms with Crippen LogP contribution in [0.2, 0.25) is 0 Å². The van der Waals surface area contributed by atoms with Crippen molar-refractivity contribution in [3.05, 3.63) is 60.8 Å². The van der Waals surface area contributed by atoms with E-state index in [1.807, 2.05) is 30.5 Å². The molecular weight excluding hydrogens is 446 g/mol. The van der Waals surface area contributed by atoms with Crippen LogP contribution in [0.1, 0.15) is 102 Å². The quantitative estimate of drug-likeness (QED) is 0.153. The third kappa shape index (κ3) is 10.4. The molecule has 0 amide bonds. The lowest BCUT2D eigenvalue weighted by molar-refractivity contribution is -0.206. The molecular formula is C32H47NO3. The fraction of sp³-hybridized carbons (Fsp3) is 0.594. The van der Waals surface area contributed by atoms with Gasteiger partial charge in [-0.2, -0.15) is 0 Å². The first-order valence-corrected chi connectivity index (χ1v) is 14.3. The van der Waals surface area contributed by atoms with Crippen molar-refractivity contribution in [1.29, 1.82) is 0 Å². The predicted octanol–water partition coefficient (Wildman–Crippen LogP) is 9.07. The highest BCUT2D eigenvalue weighted by Gasteiger charge is 2.23. The molecule has 1 fully saturated rings. The number of hydrogen-bond acceptors (Lipinski definition) is 4. The molecule has 0 aliphatic carbocycles. The summed E-state index contributed by atoms with van der Waals surface area (Å²) in [6.45, 7) is 8.34. The Morgan fingerprint density at radius 2 is 1.56 bits per heavy atom. The minimum atomic E-state index is -0.304. The molecule has 0 spiro atoms. The van der Waals surface area contributed by atoms with Crippen molar-refractivity contribution in [2.45, 2.75) is 96.7 Å². The Labute approximate surface area is 219 Å². The topological polar surface area (TPSA) is 40.6 Å². The summed E-state index contributed by atoms with van der Waals surface area (Å²) in [6.07, 6.45) is 20.1. The average Bonchev–Trinajstić information content (AvgIpc) is 2.93. The zero-order valence-electron chi connectivity index (χ0n) is 22.5. The van der Waals surface area contributed by atoms with E-state index in [2.05, 4.69) is 36.7 Å². The Morgan fingerprint density at radius 3 is 2.22 bits per heavy atom. The summed E-state index contributed by atoms with van der Waals surface area (Å²) in [5.74, 6) is 1.43. The molecule has 0 N–H and O–H groups in total. The van der Waals surface area contributed by atoms with E-state index < -0.39 is 0 Å². The number of ether oxygens (including phenoxy) is 3. The molecule has 0 radical (unpaired) electrons. The number of nitrogens with zero attached hydrogens (tertiary/aromatic N) is 1. The first-order valence-electron chi connectivity index (χ1n) is 14.3. The average molecular weight is 494 g/mol. The normalized spacial score (nSPS) is 17.7. The van der Waals surface area contributed by atoms with Gasteiger partial charge in [-0.15, -0.1) is 6.58 Å². The fourth-order valence-electron chi connectivity index (χ4n) is 4.66. The van der Waals surface area contributed by atoms with Crippen molar-refractivity contribution >= 4 is 0 Å².